The van der Waals surface area contributed by atoms with E-state index in [1.54, 1.807) is 6.07 Å². The molecular weight excluding hydrogens is 294 g/mol. The van der Waals surface area contributed by atoms with Gasteiger partial charge in [-0.15, -0.1) is 0 Å². The molecule has 116 valence electrons. The highest BCUT2D eigenvalue weighted by Crippen LogP contribution is 2.35. The Labute approximate surface area is 123 Å². The first-order valence-electron chi connectivity index (χ1n) is 6.85. The van der Waals surface area contributed by atoms with Gasteiger partial charge in [-0.05, 0) is 24.6 Å². The molecule has 8 heteroatoms. The van der Waals surface area contributed by atoms with Gasteiger partial charge in [0.05, 0.1) is 36.0 Å². The van der Waals surface area contributed by atoms with Crippen LogP contribution in [0.1, 0.15) is 12.8 Å². The fraction of sp³-hybridized carbons (Fsp3) is 0.538. The molecule has 0 bridgehead atoms. The van der Waals surface area contributed by atoms with Crippen molar-refractivity contribution in [1.82, 2.24) is 0 Å². The molecule has 0 saturated carbocycles. The number of sulfonamides is 1. The second-order valence-electron chi connectivity index (χ2n) is 5.40. The van der Waals surface area contributed by atoms with Gasteiger partial charge in [0, 0.05) is 13.0 Å². The first-order chi connectivity index (χ1) is 9.90. The lowest BCUT2D eigenvalue weighted by atomic mass is 10.0. The van der Waals surface area contributed by atoms with Crippen LogP contribution < -0.4 is 15.8 Å². The first-order valence-corrected chi connectivity index (χ1v) is 8.39. The number of nitrogens with zero attached hydrogens (tertiary/aromatic N) is 1. The average Bonchev–Trinajstić information content (AvgIpc) is 2.86. The Balaban J connectivity index is 1.92. The molecule has 0 amide bonds. The summed E-state index contributed by atoms with van der Waals surface area (Å²) in [6.45, 7) is 2.47. The monoisotopic (exact) mass is 313 g/mol. The molecule has 0 unspecified atom stereocenters. The molecule has 2 aliphatic heterocycles. The van der Waals surface area contributed by atoms with E-state index < -0.39 is 15.8 Å². The SMILES string of the molecule is Nc1ccc(S(N)(=O)=O)cc1N1CCCC2(C1)OCCO2. The number of piperidine rings is 1. The Hall–Kier alpha value is -1.35. The van der Waals surface area contributed by atoms with Gasteiger partial charge < -0.3 is 20.1 Å². The topological polar surface area (TPSA) is 108 Å². The van der Waals surface area contributed by atoms with Crippen LogP contribution >= 0.6 is 0 Å². The van der Waals surface area contributed by atoms with Gasteiger partial charge in [-0.25, -0.2) is 13.6 Å². The molecule has 21 heavy (non-hydrogen) atoms. The van der Waals surface area contributed by atoms with Crippen LogP contribution in [0.25, 0.3) is 0 Å². The smallest absolute Gasteiger partial charge is 0.238 e. The third-order valence-electron chi connectivity index (χ3n) is 3.90. The van der Waals surface area contributed by atoms with Gasteiger partial charge >= 0.3 is 0 Å². The summed E-state index contributed by atoms with van der Waals surface area (Å²) >= 11 is 0. The molecular formula is C13H19N3O4S. The minimum Gasteiger partial charge on any atom is -0.397 e. The summed E-state index contributed by atoms with van der Waals surface area (Å²) in [6, 6.07) is 4.49. The number of ether oxygens (including phenoxy) is 2. The fourth-order valence-corrected chi connectivity index (χ4v) is 3.43. The third kappa shape index (κ3) is 2.84. The number of hydrogen-bond acceptors (Lipinski definition) is 6. The van der Waals surface area contributed by atoms with Gasteiger partial charge in [-0.2, -0.15) is 0 Å². The summed E-state index contributed by atoms with van der Waals surface area (Å²) < 4.78 is 34.4. The van der Waals surface area contributed by atoms with Gasteiger partial charge in [0.1, 0.15) is 0 Å². The second kappa shape index (κ2) is 5.13. The summed E-state index contributed by atoms with van der Waals surface area (Å²) in [5.41, 5.74) is 7.16. The molecule has 0 aliphatic carbocycles. The minimum absolute atomic E-state index is 0.0552. The minimum atomic E-state index is -3.75. The number of nitrogen functional groups attached to an aromatic ring is 1. The van der Waals surface area contributed by atoms with E-state index in [0.29, 0.717) is 31.1 Å². The number of anilines is 2. The molecule has 3 rings (SSSR count). The van der Waals surface area contributed by atoms with E-state index in [4.69, 9.17) is 20.3 Å². The van der Waals surface area contributed by atoms with Crippen molar-refractivity contribution in [1.29, 1.82) is 0 Å². The van der Waals surface area contributed by atoms with Crippen molar-refractivity contribution in [2.45, 2.75) is 23.5 Å². The summed E-state index contributed by atoms with van der Waals surface area (Å²) in [5, 5.41) is 5.18. The second-order valence-corrected chi connectivity index (χ2v) is 6.96. The van der Waals surface area contributed by atoms with Crippen LogP contribution in [0.4, 0.5) is 11.4 Å². The van der Waals surface area contributed by atoms with Gasteiger partial charge in [-0.1, -0.05) is 0 Å². The van der Waals surface area contributed by atoms with E-state index in [-0.39, 0.29) is 4.90 Å². The number of rotatable bonds is 2. The number of primary sulfonamides is 1. The lowest BCUT2D eigenvalue weighted by molar-refractivity contribution is -0.161. The van der Waals surface area contributed by atoms with Crippen LogP contribution in [0, 0.1) is 0 Å². The maximum atomic E-state index is 11.5. The van der Waals surface area contributed by atoms with Crippen molar-refractivity contribution in [2.75, 3.05) is 36.9 Å². The molecule has 7 nitrogen and oxygen atoms in total. The maximum Gasteiger partial charge on any atom is 0.238 e. The van der Waals surface area contributed by atoms with Crippen LogP contribution in [0.15, 0.2) is 23.1 Å². The largest absolute Gasteiger partial charge is 0.397 e. The highest BCUT2D eigenvalue weighted by molar-refractivity contribution is 7.89. The van der Waals surface area contributed by atoms with Gasteiger partial charge in [-0.3, -0.25) is 0 Å². The highest BCUT2D eigenvalue weighted by atomic mass is 32.2. The predicted molar refractivity (Wildman–Crippen MR) is 78.3 cm³/mol. The van der Waals surface area contributed by atoms with Crippen LogP contribution in [0.2, 0.25) is 0 Å². The zero-order chi connectivity index (χ0) is 15.1. The van der Waals surface area contributed by atoms with Crippen molar-refractivity contribution in [3.63, 3.8) is 0 Å². The summed E-state index contributed by atoms with van der Waals surface area (Å²) in [5.74, 6) is -0.595. The van der Waals surface area contributed by atoms with Crippen LogP contribution in [-0.4, -0.2) is 40.5 Å². The number of hydrogen-bond donors (Lipinski definition) is 2. The highest BCUT2D eigenvalue weighted by Gasteiger charge is 2.41. The van der Waals surface area contributed by atoms with Crippen LogP contribution in [0.3, 0.4) is 0 Å². The molecule has 1 spiro atoms. The normalized spacial score (nSPS) is 21.9. The van der Waals surface area contributed by atoms with E-state index in [0.717, 1.165) is 19.4 Å². The van der Waals surface area contributed by atoms with Crippen molar-refractivity contribution in [3.8, 4) is 0 Å². The fourth-order valence-electron chi connectivity index (χ4n) is 2.90. The molecule has 2 aliphatic rings. The average molecular weight is 313 g/mol. The van der Waals surface area contributed by atoms with E-state index in [9.17, 15) is 8.42 Å². The molecule has 0 aromatic heterocycles. The van der Waals surface area contributed by atoms with Gasteiger partial charge in [0.15, 0.2) is 5.79 Å². The maximum absolute atomic E-state index is 11.5. The van der Waals surface area contributed by atoms with Crippen LogP contribution in [-0.2, 0) is 19.5 Å². The molecule has 1 aromatic carbocycles. The Morgan fingerprint density at radius 3 is 2.62 bits per heavy atom. The van der Waals surface area contributed by atoms with Crippen molar-refractivity contribution in [2.24, 2.45) is 5.14 Å². The Morgan fingerprint density at radius 1 is 1.24 bits per heavy atom. The first kappa shape index (κ1) is 14.6. The molecule has 2 fully saturated rings. The lowest BCUT2D eigenvalue weighted by Crippen LogP contribution is -2.49. The van der Waals surface area contributed by atoms with Crippen molar-refractivity contribution < 1.29 is 17.9 Å². The number of benzene rings is 1. The number of nitrogens with two attached hydrogens (primary N) is 2. The summed E-state index contributed by atoms with van der Waals surface area (Å²) in [4.78, 5) is 2.05. The molecule has 0 atom stereocenters. The quantitative estimate of drug-likeness (QED) is 0.758. The van der Waals surface area contributed by atoms with Crippen LogP contribution in [0.5, 0.6) is 0 Å². The Kier molecular flexibility index (Phi) is 3.56. The standard InChI is InChI=1S/C13H19N3O4S/c14-11-3-2-10(21(15,17)18)8-12(11)16-5-1-4-13(9-16)19-6-7-20-13/h2-3,8H,1,4-7,9,14H2,(H2,15,17,18). The van der Waals surface area contributed by atoms with E-state index in [1.165, 1.54) is 12.1 Å². The Morgan fingerprint density at radius 2 is 1.95 bits per heavy atom. The van der Waals surface area contributed by atoms with Gasteiger partial charge in [0.25, 0.3) is 0 Å². The molecule has 2 heterocycles. The van der Waals surface area contributed by atoms with E-state index >= 15 is 0 Å². The summed E-state index contributed by atoms with van der Waals surface area (Å²) in [7, 11) is -3.75. The van der Waals surface area contributed by atoms with Crippen molar-refractivity contribution >= 4 is 21.4 Å². The zero-order valence-electron chi connectivity index (χ0n) is 11.6. The molecule has 4 N–H and O–H groups in total. The lowest BCUT2D eigenvalue weighted by Gasteiger charge is -2.40. The van der Waals surface area contributed by atoms with Gasteiger partial charge in [0.2, 0.25) is 10.0 Å². The molecule has 1 aromatic rings. The van der Waals surface area contributed by atoms with E-state index in [1.807, 2.05) is 4.90 Å². The summed E-state index contributed by atoms with van der Waals surface area (Å²) in [6.07, 6.45) is 1.72. The molecule has 2 saturated heterocycles. The molecule has 0 radical (unpaired) electrons. The zero-order valence-corrected chi connectivity index (χ0v) is 12.4. The predicted octanol–water partition coefficient (Wildman–Crippen LogP) is 0.259. The Bertz CT molecular complexity index is 641. The van der Waals surface area contributed by atoms with E-state index in [2.05, 4.69) is 0 Å². The third-order valence-corrected chi connectivity index (χ3v) is 4.81. The van der Waals surface area contributed by atoms with Crippen molar-refractivity contribution in [3.05, 3.63) is 18.2 Å².